The van der Waals surface area contributed by atoms with Crippen LogP contribution in [-0.4, -0.2) is 17.6 Å². The summed E-state index contributed by atoms with van der Waals surface area (Å²) in [6.45, 7) is 5.58. The Balaban J connectivity index is 2.03. The number of hydrogen-bond acceptors (Lipinski definition) is 2. The van der Waals surface area contributed by atoms with Crippen molar-refractivity contribution in [3.05, 3.63) is 42.2 Å². The van der Waals surface area contributed by atoms with Gasteiger partial charge in [-0.05, 0) is 49.7 Å². The van der Waals surface area contributed by atoms with E-state index in [4.69, 9.17) is 0 Å². The van der Waals surface area contributed by atoms with Gasteiger partial charge in [0.2, 0.25) is 0 Å². The van der Waals surface area contributed by atoms with Crippen molar-refractivity contribution in [2.75, 3.05) is 6.54 Å². The summed E-state index contributed by atoms with van der Waals surface area (Å²) in [6.07, 6.45) is 7.33. The lowest BCUT2D eigenvalue weighted by Gasteiger charge is -2.13. The van der Waals surface area contributed by atoms with E-state index in [2.05, 4.69) is 48.4 Å². The van der Waals surface area contributed by atoms with Crippen LogP contribution in [0.5, 0.6) is 0 Å². The van der Waals surface area contributed by atoms with Gasteiger partial charge in [0.1, 0.15) is 0 Å². The summed E-state index contributed by atoms with van der Waals surface area (Å²) in [5.41, 5.74) is 1.43. The number of pyridine rings is 1. The Bertz CT molecular complexity index is 488. The Kier molecular flexibility index (Phi) is 4.71. The van der Waals surface area contributed by atoms with E-state index >= 15 is 0 Å². The molecule has 1 aromatic heterocycles. The molecule has 0 saturated heterocycles. The van der Waals surface area contributed by atoms with Gasteiger partial charge in [0.25, 0.3) is 0 Å². The number of aromatic nitrogens is 1. The highest BCUT2D eigenvalue weighted by molar-refractivity contribution is 5.84. The van der Waals surface area contributed by atoms with E-state index in [0.29, 0.717) is 6.04 Å². The molecule has 0 fully saturated rings. The maximum atomic E-state index is 4.18. The molecule has 1 aromatic carbocycles. The Morgan fingerprint density at radius 1 is 1.28 bits per heavy atom. The van der Waals surface area contributed by atoms with E-state index in [9.17, 15) is 0 Å². The first-order valence-corrected chi connectivity index (χ1v) is 6.86. The smallest absolute Gasteiger partial charge is 0.0346 e. The highest BCUT2D eigenvalue weighted by atomic mass is 14.9. The summed E-state index contributed by atoms with van der Waals surface area (Å²) in [6, 6.07) is 9.19. The van der Waals surface area contributed by atoms with E-state index in [-0.39, 0.29) is 0 Å². The second-order valence-electron chi connectivity index (χ2n) is 4.91. The van der Waals surface area contributed by atoms with Gasteiger partial charge in [-0.15, -0.1) is 0 Å². The Labute approximate surface area is 109 Å². The van der Waals surface area contributed by atoms with Crippen molar-refractivity contribution in [2.24, 2.45) is 0 Å². The fourth-order valence-corrected chi connectivity index (χ4v) is 2.27. The maximum absolute atomic E-state index is 4.18. The summed E-state index contributed by atoms with van der Waals surface area (Å²) in [5.74, 6) is 0. The highest BCUT2D eigenvalue weighted by Gasteiger charge is 2.04. The van der Waals surface area contributed by atoms with E-state index in [0.717, 1.165) is 13.0 Å². The minimum absolute atomic E-state index is 0.585. The van der Waals surface area contributed by atoms with Crippen molar-refractivity contribution in [3.8, 4) is 0 Å². The lowest BCUT2D eigenvalue weighted by Crippen LogP contribution is -2.27. The molecule has 0 radical (unpaired) electrons. The zero-order chi connectivity index (χ0) is 12.8. The molecule has 2 nitrogen and oxygen atoms in total. The fourth-order valence-electron chi connectivity index (χ4n) is 2.27. The van der Waals surface area contributed by atoms with Gasteiger partial charge in [-0.3, -0.25) is 4.98 Å². The topological polar surface area (TPSA) is 24.9 Å². The first-order chi connectivity index (χ1) is 8.81. The van der Waals surface area contributed by atoms with Gasteiger partial charge < -0.3 is 5.32 Å². The second-order valence-corrected chi connectivity index (χ2v) is 4.91. The van der Waals surface area contributed by atoms with Gasteiger partial charge in [-0.25, -0.2) is 0 Å². The molecular weight excluding hydrogens is 220 g/mol. The van der Waals surface area contributed by atoms with Crippen molar-refractivity contribution in [1.29, 1.82) is 0 Å². The number of benzene rings is 1. The van der Waals surface area contributed by atoms with E-state index in [1.54, 1.807) is 0 Å². The summed E-state index contributed by atoms with van der Waals surface area (Å²) >= 11 is 0. The van der Waals surface area contributed by atoms with Gasteiger partial charge in [0, 0.05) is 23.8 Å². The second kappa shape index (κ2) is 6.50. The van der Waals surface area contributed by atoms with E-state index in [1.807, 2.05) is 12.4 Å². The summed E-state index contributed by atoms with van der Waals surface area (Å²) in [4.78, 5) is 4.18. The molecule has 0 aliphatic heterocycles. The number of hydrogen-bond donors (Lipinski definition) is 1. The normalized spacial score (nSPS) is 12.8. The highest BCUT2D eigenvalue weighted by Crippen LogP contribution is 2.19. The van der Waals surface area contributed by atoms with E-state index < -0.39 is 0 Å². The van der Waals surface area contributed by atoms with Crippen LogP contribution in [0.2, 0.25) is 0 Å². The Morgan fingerprint density at radius 2 is 2.17 bits per heavy atom. The third-order valence-electron chi connectivity index (χ3n) is 3.36. The zero-order valence-corrected chi connectivity index (χ0v) is 11.3. The lowest BCUT2D eigenvalue weighted by molar-refractivity contribution is 0.514. The predicted molar refractivity (Wildman–Crippen MR) is 77.8 cm³/mol. The number of nitrogens with one attached hydrogen (secondary N) is 1. The minimum atomic E-state index is 0.585. The van der Waals surface area contributed by atoms with Gasteiger partial charge in [0.15, 0.2) is 0 Å². The van der Waals surface area contributed by atoms with Gasteiger partial charge >= 0.3 is 0 Å². The van der Waals surface area contributed by atoms with Crippen LogP contribution in [0.4, 0.5) is 0 Å². The maximum Gasteiger partial charge on any atom is 0.0346 e. The molecule has 0 saturated carbocycles. The molecule has 1 heterocycles. The average molecular weight is 242 g/mol. The van der Waals surface area contributed by atoms with E-state index in [1.165, 1.54) is 29.2 Å². The quantitative estimate of drug-likeness (QED) is 0.838. The van der Waals surface area contributed by atoms with Gasteiger partial charge in [0.05, 0.1) is 0 Å². The van der Waals surface area contributed by atoms with Crippen molar-refractivity contribution in [2.45, 2.75) is 39.2 Å². The third kappa shape index (κ3) is 3.30. The van der Waals surface area contributed by atoms with Crippen LogP contribution < -0.4 is 5.32 Å². The molecule has 0 aliphatic carbocycles. The van der Waals surface area contributed by atoms with Crippen LogP contribution in [0.15, 0.2) is 36.7 Å². The predicted octanol–water partition coefficient (Wildman–Crippen LogP) is 3.56. The first kappa shape index (κ1) is 13.0. The van der Waals surface area contributed by atoms with Crippen LogP contribution in [-0.2, 0) is 6.42 Å². The van der Waals surface area contributed by atoms with Crippen molar-refractivity contribution >= 4 is 10.8 Å². The third-order valence-corrected chi connectivity index (χ3v) is 3.36. The molecule has 0 spiro atoms. The Hall–Kier alpha value is -1.41. The minimum Gasteiger partial charge on any atom is -0.314 e. The molecule has 0 amide bonds. The van der Waals surface area contributed by atoms with Crippen LogP contribution in [0.1, 0.15) is 32.3 Å². The fraction of sp³-hybridized carbons (Fsp3) is 0.438. The molecular formula is C16H22N2. The molecule has 2 heteroatoms. The van der Waals surface area contributed by atoms with Crippen LogP contribution in [0.25, 0.3) is 10.8 Å². The number of aryl methyl sites for hydroxylation is 1. The van der Waals surface area contributed by atoms with Crippen LogP contribution in [0, 0.1) is 0 Å². The molecule has 0 aliphatic rings. The van der Waals surface area contributed by atoms with Crippen molar-refractivity contribution in [3.63, 3.8) is 0 Å². The number of rotatable bonds is 6. The SMILES string of the molecule is CCCNC(C)CCc1cccc2cnccc12. The summed E-state index contributed by atoms with van der Waals surface area (Å²) in [5, 5.41) is 6.12. The number of nitrogens with zero attached hydrogens (tertiary/aromatic N) is 1. The van der Waals surface area contributed by atoms with Gasteiger partial charge in [-0.1, -0.05) is 25.1 Å². The molecule has 1 unspecified atom stereocenters. The molecule has 18 heavy (non-hydrogen) atoms. The molecule has 0 bridgehead atoms. The lowest BCUT2D eigenvalue weighted by atomic mass is 10.0. The van der Waals surface area contributed by atoms with Crippen molar-refractivity contribution in [1.82, 2.24) is 10.3 Å². The monoisotopic (exact) mass is 242 g/mol. The van der Waals surface area contributed by atoms with Crippen molar-refractivity contribution < 1.29 is 0 Å². The van der Waals surface area contributed by atoms with Gasteiger partial charge in [-0.2, -0.15) is 0 Å². The van der Waals surface area contributed by atoms with Crippen LogP contribution >= 0.6 is 0 Å². The molecule has 2 rings (SSSR count). The molecule has 96 valence electrons. The average Bonchev–Trinajstić information content (AvgIpc) is 2.42. The zero-order valence-electron chi connectivity index (χ0n) is 11.3. The van der Waals surface area contributed by atoms with Crippen LogP contribution in [0.3, 0.4) is 0 Å². The first-order valence-electron chi connectivity index (χ1n) is 6.86. The summed E-state index contributed by atoms with van der Waals surface area (Å²) < 4.78 is 0. The molecule has 1 atom stereocenters. The molecule has 1 N–H and O–H groups in total. The molecule has 2 aromatic rings. The standard InChI is InChI=1S/C16H22N2/c1-3-10-18-13(2)7-8-14-5-4-6-15-12-17-11-9-16(14)15/h4-6,9,11-13,18H,3,7-8,10H2,1-2H3. The largest absolute Gasteiger partial charge is 0.314 e. The number of fused-ring (bicyclic) bond motifs is 1. The Morgan fingerprint density at radius 3 is 3.00 bits per heavy atom. The summed E-state index contributed by atoms with van der Waals surface area (Å²) in [7, 11) is 0.